The van der Waals surface area contributed by atoms with Crippen LogP contribution in [0, 0.1) is 13.8 Å². The average Bonchev–Trinajstić information content (AvgIpc) is 3.50. The van der Waals surface area contributed by atoms with Gasteiger partial charge in [0.2, 0.25) is 0 Å². The van der Waals surface area contributed by atoms with E-state index in [2.05, 4.69) is 58.5 Å². The number of thiophene rings is 1. The lowest BCUT2D eigenvalue weighted by Crippen LogP contribution is -2.44. The van der Waals surface area contributed by atoms with Crippen molar-refractivity contribution in [2.24, 2.45) is 10.1 Å². The predicted molar refractivity (Wildman–Crippen MR) is 137 cm³/mol. The maximum atomic E-state index is 6.19. The van der Waals surface area contributed by atoms with Gasteiger partial charge in [0, 0.05) is 46.4 Å². The zero-order valence-electron chi connectivity index (χ0n) is 19.0. The molecular formula is C24H28ClN7S. The molecule has 3 N–H and O–H groups in total. The van der Waals surface area contributed by atoms with Gasteiger partial charge in [0.1, 0.15) is 23.0 Å². The van der Waals surface area contributed by atoms with Crippen molar-refractivity contribution < 1.29 is 0 Å². The summed E-state index contributed by atoms with van der Waals surface area (Å²) in [7, 11) is 0. The number of nitrogens with zero attached hydrogens (tertiary/aromatic N) is 4. The van der Waals surface area contributed by atoms with E-state index in [4.69, 9.17) is 21.7 Å². The fraction of sp³-hybridized carbons (Fsp3) is 0.375. The van der Waals surface area contributed by atoms with Crippen LogP contribution >= 0.6 is 22.9 Å². The number of anilines is 1. The van der Waals surface area contributed by atoms with E-state index in [1.165, 1.54) is 21.0 Å². The van der Waals surface area contributed by atoms with Gasteiger partial charge in [-0.25, -0.2) is 4.98 Å². The number of nitrogens with one attached hydrogen (secondary N) is 3. The molecule has 0 spiro atoms. The standard InChI is InChI=1S/C24H28ClN7S/c1-14-15(2)33-24-21(14)22(17-6-8-18(25)9-7-17)29-19(23-31-30-16(3)32(23)24)13-26-10-4-5-20-27-11-12-28-20/h6-9,11-12,16,19,26,30H,4-5,10,13H2,1-3H3,(H,27,28)/t16?,19-/m0/s1. The van der Waals surface area contributed by atoms with Crippen LogP contribution in [0.5, 0.6) is 0 Å². The number of halogens is 1. The first-order valence-corrected chi connectivity index (χ1v) is 12.5. The first-order chi connectivity index (χ1) is 16.0. The minimum absolute atomic E-state index is 0.0809. The van der Waals surface area contributed by atoms with Crippen molar-refractivity contribution in [2.75, 3.05) is 18.0 Å². The molecule has 0 aliphatic carbocycles. The number of hydrogen-bond donors (Lipinski definition) is 3. The first kappa shape index (κ1) is 22.1. The topological polar surface area (TPSA) is 80.7 Å². The van der Waals surface area contributed by atoms with Gasteiger partial charge in [-0.3, -0.25) is 15.3 Å². The lowest BCUT2D eigenvalue weighted by molar-refractivity contribution is 0.618. The lowest BCUT2D eigenvalue weighted by Gasteiger charge is -2.25. The van der Waals surface area contributed by atoms with Gasteiger partial charge in [-0.05, 0) is 51.4 Å². The van der Waals surface area contributed by atoms with E-state index < -0.39 is 0 Å². The van der Waals surface area contributed by atoms with Crippen LogP contribution in [0.3, 0.4) is 0 Å². The Kier molecular flexibility index (Phi) is 6.23. The fourth-order valence-corrected chi connectivity index (χ4v) is 5.71. The molecule has 4 heterocycles. The van der Waals surface area contributed by atoms with Crippen LogP contribution in [0.2, 0.25) is 5.02 Å². The summed E-state index contributed by atoms with van der Waals surface area (Å²) in [6.07, 6.45) is 5.67. The van der Waals surface area contributed by atoms with Crippen LogP contribution in [0.15, 0.2) is 46.8 Å². The SMILES string of the molecule is Cc1sc2c(c1C)C(c1ccc(Cl)cc1)=N[C@@H](CNCCCc1ncc[nH]1)C1=NNC(C)N12. The summed E-state index contributed by atoms with van der Waals surface area (Å²) in [6, 6.07) is 7.89. The van der Waals surface area contributed by atoms with Crippen LogP contribution in [0.25, 0.3) is 0 Å². The molecule has 7 nitrogen and oxygen atoms in total. The highest BCUT2D eigenvalue weighted by Gasteiger charge is 2.38. The lowest BCUT2D eigenvalue weighted by atomic mass is 10.00. The van der Waals surface area contributed by atoms with E-state index in [-0.39, 0.29) is 12.2 Å². The number of aromatic amines is 1. The Bertz CT molecular complexity index is 1180. The minimum Gasteiger partial charge on any atom is -0.349 e. The van der Waals surface area contributed by atoms with Crippen LogP contribution in [-0.2, 0) is 6.42 Å². The Morgan fingerprint density at radius 2 is 2.03 bits per heavy atom. The van der Waals surface area contributed by atoms with Gasteiger partial charge >= 0.3 is 0 Å². The Balaban J connectivity index is 1.46. The normalized spacial score (nSPS) is 19.5. The van der Waals surface area contributed by atoms with Crippen molar-refractivity contribution in [1.29, 1.82) is 0 Å². The summed E-state index contributed by atoms with van der Waals surface area (Å²) < 4.78 is 0. The molecule has 2 aromatic heterocycles. The predicted octanol–water partition coefficient (Wildman–Crippen LogP) is 4.25. The van der Waals surface area contributed by atoms with E-state index in [1.807, 2.05) is 29.7 Å². The zero-order chi connectivity index (χ0) is 22.9. The van der Waals surface area contributed by atoms with Gasteiger partial charge in [0.05, 0.1) is 5.71 Å². The highest BCUT2D eigenvalue weighted by atomic mass is 35.5. The van der Waals surface area contributed by atoms with E-state index in [9.17, 15) is 0 Å². The molecule has 2 aliphatic rings. The second-order valence-electron chi connectivity index (χ2n) is 8.45. The maximum absolute atomic E-state index is 6.19. The smallest absolute Gasteiger partial charge is 0.157 e. The third kappa shape index (κ3) is 4.30. The third-order valence-electron chi connectivity index (χ3n) is 6.18. The molecule has 0 fully saturated rings. The molecule has 3 aromatic rings. The zero-order valence-corrected chi connectivity index (χ0v) is 20.6. The first-order valence-electron chi connectivity index (χ1n) is 11.3. The quantitative estimate of drug-likeness (QED) is 0.440. The summed E-state index contributed by atoms with van der Waals surface area (Å²) in [6.45, 7) is 8.11. The van der Waals surface area contributed by atoms with Gasteiger partial charge in [0.15, 0.2) is 5.84 Å². The monoisotopic (exact) mass is 481 g/mol. The molecule has 0 saturated carbocycles. The number of amidine groups is 1. The summed E-state index contributed by atoms with van der Waals surface area (Å²) in [5.74, 6) is 1.99. The summed E-state index contributed by atoms with van der Waals surface area (Å²) in [5, 5.41) is 10.2. The molecule has 9 heteroatoms. The number of aryl methyl sites for hydroxylation is 2. The van der Waals surface area contributed by atoms with Crippen LogP contribution in [-0.4, -0.2) is 46.8 Å². The number of H-pyrrole nitrogens is 1. The number of benzene rings is 1. The molecule has 1 unspecified atom stereocenters. The number of fused-ring (bicyclic) bond motifs is 3. The molecule has 1 aromatic carbocycles. The third-order valence-corrected chi connectivity index (χ3v) is 7.64. The molecule has 5 rings (SSSR count). The fourth-order valence-electron chi connectivity index (χ4n) is 4.34. The Morgan fingerprint density at radius 1 is 1.21 bits per heavy atom. The molecule has 0 bridgehead atoms. The molecule has 0 amide bonds. The second-order valence-corrected chi connectivity index (χ2v) is 10.1. The van der Waals surface area contributed by atoms with Crippen molar-refractivity contribution >= 4 is 39.5 Å². The Morgan fingerprint density at radius 3 is 2.79 bits per heavy atom. The number of aromatic nitrogens is 2. The van der Waals surface area contributed by atoms with Crippen LogP contribution < -0.4 is 15.6 Å². The molecular weight excluding hydrogens is 454 g/mol. The maximum Gasteiger partial charge on any atom is 0.157 e. The molecule has 33 heavy (non-hydrogen) atoms. The minimum atomic E-state index is -0.101. The van der Waals surface area contributed by atoms with Crippen molar-refractivity contribution in [3.8, 4) is 0 Å². The van der Waals surface area contributed by atoms with Crippen molar-refractivity contribution in [1.82, 2.24) is 20.7 Å². The number of aliphatic imine (C=N–C) groups is 1. The van der Waals surface area contributed by atoms with E-state index in [0.717, 1.165) is 47.3 Å². The van der Waals surface area contributed by atoms with Gasteiger partial charge in [-0.1, -0.05) is 23.7 Å². The van der Waals surface area contributed by atoms with E-state index in [0.29, 0.717) is 6.54 Å². The van der Waals surface area contributed by atoms with Gasteiger partial charge < -0.3 is 10.3 Å². The Labute approximate surface area is 203 Å². The molecule has 2 aliphatic heterocycles. The molecule has 2 atom stereocenters. The molecule has 0 saturated heterocycles. The number of hydrogen-bond acceptors (Lipinski definition) is 7. The summed E-state index contributed by atoms with van der Waals surface area (Å²) in [5.41, 5.74) is 7.82. The summed E-state index contributed by atoms with van der Waals surface area (Å²) in [4.78, 5) is 16.4. The van der Waals surface area contributed by atoms with E-state index >= 15 is 0 Å². The Hall–Kier alpha value is -2.68. The number of imidazole rings is 1. The average molecular weight is 482 g/mol. The molecule has 0 radical (unpaired) electrons. The van der Waals surface area contributed by atoms with E-state index in [1.54, 1.807) is 6.20 Å². The van der Waals surface area contributed by atoms with Crippen LogP contribution in [0.4, 0.5) is 5.00 Å². The second kappa shape index (κ2) is 9.29. The van der Waals surface area contributed by atoms with Gasteiger partial charge in [-0.15, -0.1) is 11.3 Å². The van der Waals surface area contributed by atoms with Gasteiger partial charge in [-0.2, -0.15) is 5.10 Å². The summed E-state index contributed by atoms with van der Waals surface area (Å²) >= 11 is 8.00. The van der Waals surface area contributed by atoms with Crippen molar-refractivity contribution in [2.45, 2.75) is 45.8 Å². The van der Waals surface area contributed by atoms with Crippen molar-refractivity contribution in [3.63, 3.8) is 0 Å². The van der Waals surface area contributed by atoms with Crippen LogP contribution in [0.1, 0.15) is 40.7 Å². The highest BCUT2D eigenvalue weighted by molar-refractivity contribution is 7.17. The highest BCUT2D eigenvalue weighted by Crippen LogP contribution is 2.41. The van der Waals surface area contributed by atoms with Gasteiger partial charge in [0.25, 0.3) is 0 Å². The number of rotatable bonds is 7. The molecule has 172 valence electrons. The largest absolute Gasteiger partial charge is 0.349 e. The number of hydrazone groups is 1. The van der Waals surface area contributed by atoms with Crippen molar-refractivity contribution in [3.05, 3.63) is 69.1 Å².